The Bertz CT molecular complexity index is 3160. The molecule has 16 nitrogen and oxygen atoms in total. The minimum Gasteiger partial charge on any atom is -0.508 e. The molecule has 4 aliphatic heterocycles. The van der Waals surface area contributed by atoms with Gasteiger partial charge in [0.15, 0.2) is 5.82 Å². The first-order chi connectivity index (χ1) is 37.4. The number of piperidine rings is 2. The third-order valence-corrected chi connectivity index (χ3v) is 17.0. The number of carbonyl (C=O) groups excluding carboxylic acids is 3. The standard InChI is InChI=1S/C59H71ClFN9O7S/c1-34(76-58-65-52-46(55(66-58)69-20-10-7-11-21-69)27-47(60)50(51(52)61)45-25-40(71)24-39-12-8-9-13-44(39)45)28-68-30-43(31-68)77-42-18-22-67(23-19-42)32-49(73)64-54(59(4,5)6)57(75)70-29-41(72)26-48(70)56(74)63-35(2)37-14-16-38(17-15-37)53-36(3)62-33-78-53/h8-9,12-17,24-25,27,33-35,41-43,48,54,71-72H,7,10-11,18-23,26,28-32H2,1-6H3,(H,63,74)(H,64,73)/t34-,35+,41-,48+,54-/m1/s1. The Hall–Kier alpha value is -6.02. The number of β-amino-alcohol motifs (C(OH)–C–C–N with tert-alkyl or cyclic N) is 1. The maximum Gasteiger partial charge on any atom is 0.319 e. The van der Waals surface area contributed by atoms with Crippen molar-refractivity contribution in [3.8, 4) is 33.3 Å². The highest BCUT2D eigenvalue weighted by atomic mass is 35.5. The van der Waals surface area contributed by atoms with E-state index in [0.717, 1.165) is 90.8 Å². The van der Waals surface area contributed by atoms with Crippen LogP contribution in [0.2, 0.25) is 5.02 Å². The minimum absolute atomic E-state index is 0.00249. The van der Waals surface area contributed by atoms with E-state index in [2.05, 4.69) is 35.3 Å². The second-order valence-corrected chi connectivity index (χ2v) is 24.1. The smallest absolute Gasteiger partial charge is 0.319 e. The number of ether oxygens (including phenoxy) is 2. The van der Waals surface area contributed by atoms with Gasteiger partial charge in [-0.05, 0) is 104 Å². The number of phenolic OH excluding ortho intramolecular Hbond substituents is 1. The molecule has 2 aromatic heterocycles. The van der Waals surface area contributed by atoms with Gasteiger partial charge in [0, 0.05) is 69.7 Å². The molecule has 0 saturated carbocycles. The number of thiazole rings is 1. The number of carbonyl (C=O) groups is 3. The predicted octanol–water partition coefficient (Wildman–Crippen LogP) is 8.67. The van der Waals surface area contributed by atoms with Gasteiger partial charge in [0.05, 0.1) is 52.0 Å². The molecule has 0 unspecified atom stereocenters. The average molecular weight is 1100 g/mol. The van der Waals surface area contributed by atoms with E-state index in [1.165, 1.54) is 11.0 Å². The van der Waals surface area contributed by atoms with Crippen molar-refractivity contribution < 1.29 is 38.5 Å². The van der Waals surface area contributed by atoms with Gasteiger partial charge < -0.3 is 40.1 Å². The van der Waals surface area contributed by atoms with Crippen LogP contribution in [0.5, 0.6) is 11.8 Å². The highest BCUT2D eigenvalue weighted by molar-refractivity contribution is 7.13. The van der Waals surface area contributed by atoms with Crippen LogP contribution in [0.15, 0.2) is 72.2 Å². The van der Waals surface area contributed by atoms with Crippen LogP contribution >= 0.6 is 22.9 Å². The molecular weight excluding hydrogens is 1030 g/mol. The van der Waals surface area contributed by atoms with Crippen LogP contribution in [-0.2, 0) is 19.1 Å². The monoisotopic (exact) mass is 1100 g/mol. The number of hydrogen-bond donors (Lipinski definition) is 4. The van der Waals surface area contributed by atoms with Crippen LogP contribution < -0.4 is 20.3 Å². The summed E-state index contributed by atoms with van der Waals surface area (Å²) in [6, 6.07) is 18.3. The first-order valence-corrected chi connectivity index (χ1v) is 28.6. The van der Waals surface area contributed by atoms with Crippen LogP contribution in [0.1, 0.15) is 90.4 Å². The van der Waals surface area contributed by atoms with Crippen molar-refractivity contribution >= 4 is 68.2 Å². The number of nitrogens with one attached hydrogen (secondary N) is 2. The number of nitrogens with zero attached hydrogens (tertiary/aromatic N) is 7. The van der Waals surface area contributed by atoms with Crippen LogP contribution in [0.4, 0.5) is 10.2 Å². The molecule has 4 aromatic carbocycles. The third-order valence-electron chi connectivity index (χ3n) is 15.7. The number of likely N-dealkylation sites (tertiary alicyclic amines) is 3. The molecule has 6 heterocycles. The number of aromatic nitrogens is 3. The van der Waals surface area contributed by atoms with Gasteiger partial charge in [-0.25, -0.2) is 9.37 Å². The highest BCUT2D eigenvalue weighted by Crippen LogP contribution is 2.43. The second-order valence-electron chi connectivity index (χ2n) is 22.8. The highest BCUT2D eigenvalue weighted by Gasteiger charge is 2.45. The van der Waals surface area contributed by atoms with E-state index in [0.29, 0.717) is 36.4 Å². The van der Waals surface area contributed by atoms with Gasteiger partial charge in [-0.1, -0.05) is 80.9 Å². The van der Waals surface area contributed by atoms with Crippen LogP contribution in [0, 0.1) is 18.2 Å². The fraction of sp³-hybridized carbons (Fsp3) is 0.492. The van der Waals surface area contributed by atoms with Crippen molar-refractivity contribution in [1.29, 1.82) is 0 Å². The first kappa shape index (κ1) is 55.3. The van der Waals surface area contributed by atoms with E-state index in [1.54, 1.807) is 23.5 Å². The molecule has 0 aliphatic carbocycles. The topological polar surface area (TPSA) is 186 Å². The lowest BCUT2D eigenvalue weighted by Crippen LogP contribution is -2.59. The molecule has 10 rings (SSSR count). The van der Waals surface area contributed by atoms with E-state index >= 15 is 4.39 Å². The number of rotatable bonds is 16. The molecule has 0 bridgehead atoms. The van der Waals surface area contributed by atoms with E-state index in [4.69, 9.17) is 26.1 Å². The summed E-state index contributed by atoms with van der Waals surface area (Å²) >= 11 is 8.50. The van der Waals surface area contributed by atoms with Crippen molar-refractivity contribution in [3.05, 3.63) is 94.3 Å². The molecule has 4 saturated heterocycles. The molecule has 414 valence electrons. The Morgan fingerprint density at radius 3 is 2.33 bits per heavy atom. The number of anilines is 1. The van der Waals surface area contributed by atoms with Crippen molar-refractivity contribution in [3.63, 3.8) is 0 Å². The maximum atomic E-state index is 17.0. The molecule has 4 aliphatic rings. The van der Waals surface area contributed by atoms with E-state index in [1.807, 2.05) is 95.6 Å². The average Bonchev–Trinajstić information content (AvgIpc) is 4.14. The summed E-state index contributed by atoms with van der Waals surface area (Å²) in [5, 5.41) is 29.7. The number of aliphatic hydroxyl groups is 1. The molecule has 0 radical (unpaired) electrons. The van der Waals surface area contributed by atoms with Gasteiger partial charge >= 0.3 is 6.01 Å². The van der Waals surface area contributed by atoms with Gasteiger partial charge in [-0.3, -0.25) is 24.2 Å². The Morgan fingerprint density at radius 1 is 0.897 bits per heavy atom. The number of hydrogen-bond acceptors (Lipinski definition) is 14. The number of aryl methyl sites for hydroxylation is 1. The molecule has 78 heavy (non-hydrogen) atoms. The number of phenols is 1. The number of halogens is 2. The fourth-order valence-electron chi connectivity index (χ4n) is 11.5. The Morgan fingerprint density at radius 2 is 1.63 bits per heavy atom. The lowest BCUT2D eigenvalue weighted by atomic mass is 9.85. The lowest BCUT2D eigenvalue weighted by molar-refractivity contribution is -0.144. The first-order valence-electron chi connectivity index (χ1n) is 27.4. The largest absolute Gasteiger partial charge is 0.508 e. The summed E-state index contributed by atoms with van der Waals surface area (Å²) in [5.74, 6) is -1.04. The number of amides is 3. The maximum absolute atomic E-state index is 17.0. The van der Waals surface area contributed by atoms with Gasteiger partial charge in [0.2, 0.25) is 17.7 Å². The number of fused-ring (bicyclic) bond motifs is 2. The Balaban J connectivity index is 0.701. The van der Waals surface area contributed by atoms with Crippen LogP contribution in [0.25, 0.3) is 43.2 Å². The number of aliphatic hydroxyl groups excluding tert-OH is 1. The third kappa shape index (κ3) is 12.2. The molecule has 4 fully saturated rings. The Kier molecular flexibility index (Phi) is 16.6. The van der Waals surface area contributed by atoms with Crippen molar-refractivity contribution in [2.24, 2.45) is 5.41 Å². The number of benzene rings is 4. The molecule has 19 heteroatoms. The SMILES string of the molecule is Cc1ncsc1-c1ccc([C@H](C)NC(=O)[C@@H]2C[C@@H](O)CN2C(=O)[C@@H](NC(=O)CN2CCC(OC3CN(C[C@@H](C)Oc4nc(N5CCCCC5)c5cc(Cl)c(-c6cc(O)cc7ccccc67)c(F)c5n4)C3)CC2)C(C)(C)C)cc1. The zero-order valence-corrected chi connectivity index (χ0v) is 46.9. The van der Waals surface area contributed by atoms with Crippen molar-refractivity contribution in [2.45, 2.75) is 123 Å². The van der Waals surface area contributed by atoms with Gasteiger partial charge in [0.1, 0.15) is 35.3 Å². The predicted molar refractivity (Wildman–Crippen MR) is 302 cm³/mol. The minimum atomic E-state index is -0.924. The van der Waals surface area contributed by atoms with Crippen LogP contribution in [0.3, 0.4) is 0 Å². The number of aromatic hydroxyl groups is 1. The van der Waals surface area contributed by atoms with Gasteiger partial charge in [0.25, 0.3) is 0 Å². The summed E-state index contributed by atoms with van der Waals surface area (Å²) in [4.78, 5) is 64.7. The summed E-state index contributed by atoms with van der Waals surface area (Å²) in [6.07, 6.45) is 3.59. The normalized spacial score (nSPS) is 20.2. The summed E-state index contributed by atoms with van der Waals surface area (Å²) < 4.78 is 30.0. The Labute approximate surface area is 464 Å². The van der Waals surface area contributed by atoms with Gasteiger partial charge in [-0.15, -0.1) is 11.3 Å². The molecule has 5 atom stereocenters. The molecular formula is C59H71ClFN9O7S. The zero-order chi connectivity index (χ0) is 55.0. The van der Waals surface area contributed by atoms with E-state index in [9.17, 15) is 24.6 Å². The second kappa shape index (κ2) is 23.4. The quantitative estimate of drug-likeness (QED) is 0.0723. The van der Waals surface area contributed by atoms with Crippen molar-refractivity contribution in [2.75, 3.05) is 63.8 Å². The van der Waals surface area contributed by atoms with Crippen LogP contribution in [-0.4, -0.2) is 153 Å². The molecule has 3 amide bonds. The summed E-state index contributed by atoms with van der Waals surface area (Å²) in [7, 11) is 0. The molecule has 6 aromatic rings. The van der Waals surface area contributed by atoms with E-state index in [-0.39, 0.29) is 83.5 Å². The van der Waals surface area contributed by atoms with Gasteiger partial charge in [-0.2, -0.15) is 9.97 Å². The molecule has 0 spiro atoms. The summed E-state index contributed by atoms with van der Waals surface area (Å²) in [6.45, 7) is 16.5. The summed E-state index contributed by atoms with van der Waals surface area (Å²) in [5.41, 5.74) is 4.80. The molecule has 4 N–H and O–H groups in total. The fourth-order valence-corrected chi connectivity index (χ4v) is 12.7. The van der Waals surface area contributed by atoms with Crippen molar-refractivity contribution in [1.82, 2.24) is 40.3 Å². The van der Waals surface area contributed by atoms with E-state index < -0.39 is 35.3 Å². The zero-order valence-electron chi connectivity index (χ0n) is 45.3. The lowest BCUT2D eigenvalue weighted by Gasteiger charge is -2.43.